The predicted octanol–water partition coefficient (Wildman–Crippen LogP) is 1.84. The van der Waals surface area contributed by atoms with Crippen LogP contribution in [0.4, 0.5) is 17.3 Å². The van der Waals surface area contributed by atoms with Gasteiger partial charge in [0, 0.05) is 0 Å². The summed E-state index contributed by atoms with van der Waals surface area (Å²) < 4.78 is 44.2. The fraction of sp³-hybridized carbons (Fsp3) is 1.00. The van der Waals surface area contributed by atoms with Gasteiger partial charge < -0.3 is 0 Å². The molecule has 0 unspecified atom stereocenters. The summed E-state index contributed by atoms with van der Waals surface area (Å²) in [6, 6.07) is 0. The van der Waals surface area contributed by atoms with Gasteiger partial charge in [-0.25, -0.2) is 0 Å². The first-order valence-electron chi connectivity index (χ1n) is 2.19. The van der Waals surface area contributed by atoms with Crippen molar-refractivity contribution in [2.75, 3.05) is 0 Å². The van der Waals surface area contributed by atoms with Crippen LogP contribution in [0.1, 0.15) is 0 Å². The summed E-state index contributed by atoms with van der Waals surface area (Å²) in [6.45, 7) is 0. The average Bonchev–Trinajstić information content (AvgIpc) is 1.61. The van der Waals surface area contributed by atoms with E-state index in [1.165, 1.54) is 0 Å². The second-order valence-electron chi connectivity index (χ2n) is 1.36. The van der Waals surface area contributed by atoms with E-state index in [1.807, 2.05) is 0 Å². The van der Waals surface area contributed by atoms with Crippen LogP contribution in [0.5, 0.6) is 0 Å². The van der Waals surface area contributed by atoms with Crippen LogP contribution in [0.3, 0.4) is 0 Å². The monoisotopic (exact) mass is 126 g/mol. The molecule has 46 valence electrons. The van der Waals surface area contributed by atoms with Crippen LogP contribution < -0.4 is 0 Å². The van der Waals surface area contributed by atoms with E-state index in [0.29, 0.717) is 0 Å². The van der Waals surface area contributed by atoms with Crippen LogP contribution >= 0.6 is 0 Å². The summed E-state index contributed by atoms with van der Waals surface area (Å²) in [5.74, 6) is 0. The molecule has 0 heterocycles. The van der Waals surface area contributed by atoms with Gasteiger partial charge in [0.15, 0.2) is 0 Å². The average molecular weight is 126 g/mol. The van der Waals surface area contributed by atoms with Crippen molar-refractivity contribution in [1.82, 2.24) is 0 Å². The van der Waals surface area contributed by atoms with Gasteiger partial charge in [-0.2, -0.15) is 0 Å². The minimum absolute atomic E-state index is 0.697. The van der Waals surface area contributed by atoms with Gasteiger partial charge in [-0.15, -0.1) is 0 Å². The Hall–Kier alpha value is -0.150. The molecule has 0 saturated carbocycles. The molecule has 8 heavy (non-hydrogen) atoms. The lowest BCUT2D eigenvalue weighted by Gasteiger charge is -1.88. The maximum Gasteiger partial charge on any atom is 0.537 e. The number of halogens is 4. The lowest BCUT2D eigenvalue weighted by Crippen LogP contribution is -2.01. The van der Waals surface area contributed by atoms with Gasteiger partial charge in [0.05, 0.1) is 0 Å². The Morgan fingerprint density at radius 2 is 1.00 bits per heavy atom. The zero-order valence-electron chi connectivity index (χ0n) is 4.08. The number of hydrogen-bond donors (Lipinski definition) is 0. The molecule has 0 fully saturated rings. The van der Waals surface area contributed by atoms with Crippen molar-refractivity contribution in [3.8, 4) is 0 Å². The van der Waals surface area contributed by atoms with Gasteiger partial charge in [-0.1, -0.05) is 0 Å². The Balaban J connectivity index is 2.93. The normalized spacial score (nSPS) is 9.00. The first-order chi connectivity index (χ1) is 3.63. The molecule has 0 nitrogen and oxygen atoms in total. The standard InChI is InChI=1S/C2H4B2F4/c5-3(6)1-2-4(7)8/h1-2H2. The second-order valence-corrected chi connectivity index (χ2v) is 1.36. The van der Waals surface area contributed by atoms with Crippen molar-refractivity contribution in [2.24, 2.45) is 0 Å². The van der Waals surface area contributed by atoms with Crippen LogP contribution in [-0.2, 0) is 0 Å². The Bertz CT molecular complexity index is 48.0. The lowest BCUT2D eigenvalue weighted by atomic mass is 9.78. The number of rotatable bonds is 3. The van der Waals surface area contributed by atoms with Crippen LogP contribution in [0, 0.1) is 0 Å². The van der Waals surface area contributed by atoms with Crippen molar-refractivity contribution >= 4 is 14.5 Å². The minimum Gasteiger partial charge on any atom is -0.287 e. The van der Waals surface area contributed by atoms with E-state index < -0.39 is 27.2 Å². The van der Waals surface area contributed by atoms with Crippen molar-refractivity contribution in [3.63, 3.8) is 0 Å². The molecule has 0 aliphatic carbocycles. The highest BCUT2D eigenvalue weighted by Gasteiger charge is 2.19. The van der Waals surface area contributed by atoms with Crippen LogP contribution in [-0.4, -0.2) is 14.5 Å². The molecule has 0 rings (SSSR count). The van der Waals surface area contributed by atoms with Gasteiger partial charge in [-0.05, 0) is 12.6 Å². The Labute approximate surface area is 45.6 Å². The van der Waals surface area contributed by atoms with Crippen LogP contribution in [0.2, 0.25) is 12.6 Å². The molecule has 0 aliphatic rings. The molecule has 0 atom stereocenters. The molecule has 6 heteroatoms. The third-order valence-corrected chi connectivity index (χ3v) is 0.603. The molecule has 0 spiro atoms. The van der Waals surface area contributed by atoms with Gasteiger partial charge in [0.25, 0.3) is 0 Å². The molecule has 0 aromatic carbocycles. The van der Waals surface area contributed by atoms with Crippen molar-refractivity contribution in [2.45, 2.75) is 12.6 Å². The largest absolute Gasteiger partial charge is 0.537 e. The molecule has 0 amide bonds. The molecular weight excluding hydrogens is 122 g/mol. The summed E-state index contributed by atoms with van der Waals surface area (Å²) in [5.41, 5.74) is 0. The highest BCUT2D eigenvalue weighted by atomic mass is 19.2. The molecule has 0 radical (unpaired) electrons. The zero-order valence-corrected chi connectivity index (χ0v) is 4.08. The number of hydrogen-bond acceptors (Lipinski definition) is 0. The first-order valence-corrected chi connectivity index (χ1v) is 2.19. The summed E-state index contributed by atoms with van der Waals surface area (Å²) in [4.78, 5) is 0. The molecule has 0 aromatic rings. The summed E-state index contributed by atoms with van der Waals surface area (Å²) >= 11 is 0. The van der Waals surface area contributed by atoms with E-state index in [4.69, 9.17) is 0 Å². The molecular formula is C2H4B2F4. The molecule has 0 N–H and O–H groups in total. The summed E-state index contributed by atoms with van der Waals surface area (Å²) in [6.07, 6.45) is -1.39. The van der Waals surface area contributed by atoms with Crippen molar-refractivity contribution in [3.05, 3.63) is 0 Å². The van der Waals surface area contributed by atoms with E-state index in [2.05, 4.69) is 0 Å². The summed E-state index contributed by atoms with van der Waals surface area (Å²) in [7, 11) is -5.19. The van der Waals surface area contributed by atoms with Gasteiger partial charge >= 0.3 is 14.5 Å². The van der Waals surface area contributed by atoms with E-state index in [-0.39, 0.29) is 0 Å². The SMILES string of the molecule is FB(F)CCB(F)F. The maximum atomic E-state index is 11.1. The summed E-state index contributed by atoms with van der Waals surface area (Å²) in [5, 5.41) is 0. The quantitative estimate of drug-likeness (QED) is 0.399. The van der Waals surface area contributed by atoms with E-state index >= 15 is 0 Å². The molecule has 0 aromatic heterocycles. The van der Waals surface area contributed by atoms with Gasteiger partial charge in [-0.3, -0.25) is 17.3 Å². The third kappa shape index (κ3) is 5.85. The predicted molar refractivity (Wildman–Crippen MR) is 25.6 cm³/mol. The Morgan fingerprint density at radius 1 is 0.750 bits per heavy atom. The lowest BCUT2D eigenvalue weighted by molar-refractivity contribution is 0.630. The second kappa shape index (κ2) is 3.80. The van der Waals surface area contributed by atoms with Gasteiger partial charge in [0.1, 0.15) is 0 Å². The first kappa shape index (κ1) is 7.85. The Morgan fingerprint density at radius 3 is 1.12 bits per heavy atom. The van der Waals surface area contributed by atoms with Gasteiger partial charge in [0.2, 0.25) is 0 Å². The molecule has 0 aliphatic heterocycles. The van der Waals surface area contributed by atoms with E-state index in [9.17, 15) is 17.3 Å². The third-order valence-electron chi connectivity index (χ3n) is 0.603. The Kier molecular flexibility index (Phi) is 3.73. The van der Waals surface area contributed by atoms with Crippen LogP contribution in [0.25, 0.3) is 0 Å². The molecule has 0 bridgehead atoms. The van der Waals surface area contributed by atoms with Crippen molar-refractivity contribution in [1.29, 1.82) is 0 Å². The zero-order chi connectivity index (χ0) is 6.57. The topological polar surface area (TPSA) is 0 Å². The maximum absolute atomic E-state index is 11.1. The fourth-order valence-electron chi connectivity index (χ4n) is 0.252. The van der Waals surface area contributed by atoms with Crippen LogP contribution in [0.15, 0.2) is 0 Å². The minimum atomic E-state index is -2.59. The molecule has 0 saturated heterocycles. The smallest absolute Gasteiger partial charge is 0.287 e. The van der Waals surface area contributed by atoms with Crippen molar-refractivity contribution < 1.29 is 17.3 Å². The highest BCUT2D eigenvalue weighted by Crippen LogP contribution is 2.05. The van der Waals surface area contributed by atoms with E-state index in [0.717, 1.165) is 0 Å². The van der Waals surface area contributed by atoms with E-state index in [1.54, 1.807) is 0 Å². The highest BCUT2D eigenvalue weighted by molar-refractivity contribution is 6.49. The fourth-order valence-corrected chi connectivity index (χ4v) is 0.252.